The van der Waals surface area contributed by atoms with E-state index in [1.54, 1.807) is 11.8 Å². The van der Waals surface area contributed by atoms with E-state index in [0.29, 0.717) is 11.2 Å². The number of aromatic nitrogens is 2. The monoisotopic (exact) mass is 275 g/mol. The van der Waals surface area contributed by atoms with Crippen LogP contribution >= 0.6 is 35.1 Å². The Bertz CT molecular complexity index is 356. The van der Waals surface area contributed by atoms with Gasteiger partial charge in [-0.1, -0.05) is 23.4 Å². The fraction of sp³-hybridized carbons (Fsp3) is 0.600. The van der Waals surface area contributed by atoms with Gasteiger partial charge in [0.05, 0.1) is 0 Å². The van der Waals surface area contributed by atoms with E-state index in [9.17, 15) is 0 Å². The Morgan fingerprint density at radius 2 is 2.44 bits per heavy atom. The van der Waals surface area contributed by atoms with E-state index in [0.717, 1.165) is 22.5 Å². The zero-order chi connectivity index (χ0) is 11.4. The Morgan fingerprint density at radius 3 is 3.12 bits per heavy atom. The molecule has 1 unspecified atom stereocenters. The standard InChI is InChI=1S/C10H14ClN3S2/c1-15-10-13-8(11)5-9(14-10)16-6-7-3-2-4-12-7/h5,7,12H,2-4,6H2,1H3. The first-order valence-electron chi connectivity index (χ1n) is 5.22. The molecule has 0 aromatic carbocycles. The normalized spacial score (nSPS) is 20.2. The van der Waals surface area contributed by atoms with Crippen molar-refractivity contribution in [3.63, 3.8) is 0 Å². The lowest BCUT2D eigenvalue weighted by Crippen LogP contribution is -2.23. The molecule has 16 heavy (non-hydrogen) atoms. The molecule has 1 aliphatic rings. The summed E-state index contributed by atoms with van der Waals surface area (Å²) in [7, 11) is 0. The van der Waals surface area contributed by atoms with Crippen LogP contribution in [0.25, 0.3) is 0 Å². The minimum atomic E-state index is 0.529. The van der Waals surface area contributed by atoms with Gasteiger partial charge in [0.1, 0.15) is 10.2 Å². The molecule has 88 valence electrons. The molecule has 0 bridgehead atoms. The van der Waals surface area contributed by atoms with Crippen LogP contribution in [0.15, 0.2) is 16.2 Å². The van der Waals surface area contributed by atoms with Gasteiger partial charge in [-0.3, -0.25) is 0 Å². The second-order valence-electron chi connectivity index (χ2n) is 3.62. The third kappa shape index (κ3) is 3.52. The molecule has 1 N–H and O–H groups in total. The topological polar surface area (TPSA) is 37.8 Å². The fourth-order valence-corrected chi connectivity index (χ4v) is 3.36. The number of nitrogens with zero attached hydrogens (tertiary/aromatic N) is 2. The van der Waals surface area contributed by atoms with E-state index < -0.39 is 0 Å². The smallest absolute Gasteiger partial charge is 0.189 e. The maximum Gasteiger partial charge on any atom is 0.189 e. The van der Waals surface area contributed by atoms with E-state index >= 15 is 0 Å². The highest BCUT2D eigenvalue weighted by Gasteiger charge is 2.14. The van der Waals surface area contributed by atoms with E-state index in [-0.39, 0.29) is 0 Å². The first-order valence-corrected chi connectivity index (χ1v) is 7.81. The highest BCUT2D eigenvalue weighted by molar-refractivity contribution is 7.99. The quantitative estimate of drug-likeness (QED) is 0.520. The van der Waals surface area contributed by atoms with Crippen LogP contribution in [-0.2, 0) is 0 Å². The average Bonchev–Trinajstić information content (AvgIpc) is 2.78. The largest absolute Gasteiger partial charge is 0.313 e. The van der Waals surface area contributed by atoms with Crippen LogP contribution in [0.5, 0.6) is 0 Å². The average molecular weight is 276 g/mol. The van der Waals surface area contributed by atoms with Gasteiger partial charge in [-0.15, -0.1) is 11.8 Å². The summed E-state index contributed by atoms with van der Waals surface area (Å²) in [5.41, 5.74) is 0. The molecule has 6 heteroatoms. The number of thioether (sulfide) groups is 2. The minimum absolute atomic E-state index is 0.529. The van der Waals surface area contributed by atoms with Gasteiger partial charge >= 0.3 is 0 Å². The van der Waals surface area contributed by atoms with Gasteiger partial charge in [-0.25, -0.2) is 9.97 Å². The molecule has 1 fully saturated rings. The lowest BCUT2D eigenvalue weighted by molar-refractivity contribution is 0.673. The fourth-order valence-electron chi connectivity index (χ4n) is 1.63. The molecule has 1 atom stereocenters. The third-order valence-electron chi connectivity index (χ3n) is 2.43. The zero-order valence-electron chi connectivity index (χ0n) is 9.07. The molecule has 0 aliphatic carbocycles. The van der Waals surface area contributed by atoms with Crippen LogP contribution in [0.2, 0.25) is 5.15 Å². The van der Waals surface area contributed by atoms with Gasteiger partial charge in [-0.05, 0) is 25.6 Å². The molecule has 1 aromatic heterocycles. The highest BCUT2D eigenvalue weighted by atomic mass is 35.5. The Balaban J connectivity index is 1.94. The molecule has 1 aromatic rings. The zero-order valence-corrected chi connectivity index (χ0v) is 11.5. The molecular formula is C10H14ClN3S2. The number of hydrogen-bond acceptors (Lipinski definition) is 5. The minimum Gasteiger partial charge on any atom is -0.313 e. The van der Waals surface area contributed by atoms with E-state index in [1.807, 2.05) is 12.3 Å². The van der Waals surface area contributed by atoms with Crippen molar-refractivity contribution in [3.05, 3.63) is 11.2 Å². The number of hydrogen-bond donors (Lipinski definition) is 1. The molecule has 0 amide bonds. The predicted molar refractivity (Wildman–Crippen MR) is 70.6 cm³/mol. The first-order chi connectivity index (χ1) is 7.78. The summed E-state index contributed by atoms with van der Waals surface area (Å²) >= 11 is 9.20. The third-order valence-corrected chi connectivity index (χ3v) is 4.24. The second kappa shape index (κ2) is 6.10. The summed E-state index contributed by atoms with van der Waals surface area (Å²) in [5, 5.41) is 5.71. The maximum absolute atomic E-state index is 5.93. The van der Waals surface area contributed by atoms with Gasteiger partial charge in [0, 0.05) is 17.9 Å². The highest BCUT2D eigenvalue weighted by Crippen LogP contribution is 2.23. The van der Waals surface area contributed by atoms with E-state index in [4.69, 9.17) is 11.6 Å². The summed E-state index contributed by atoms with van der Waals surface area (Å²) < 4.78 is 0. The van der Waals surface area contributed by atoms with Crippen molar-refractivity contribution in [1.82, 2.24) is 15.3 Å². The van der Waals surface area contributed by atoms with E-state index in [1.165, 1.54) is 24.6 Å². The second-order valence-corrected chi connectivity index (χ2v) is 5.82. The van der Waals surface area contributed by atoms with Crippen LogP contribution in [0.3, 0.4) is 0 Å². The van der Waals surface area contributed by atoms with Crippen LogP contribution in [0.1, 0.15) is 12.8 Å². The van der Waals surface area contributed by atoms with Gasteiger partial charge in [0.25, 0.3) is 0 Å². The maximum atomic E-state index is 5.93. The molecule has 0 spiro atoms. The molecule has 0 saturated carbocycles. The molecule has 1 saturated heterocycles. The number of halogens is 1. The molecule has 2 heterocycles. The Labute approximate surface area is 109 Å². The van der Waals surface area contributed by atoms with Gasteiger partial charge < -0.3 is 5.32 Å². The summed E-state index contributed by atoms with van der Waals surface area (Å²) in [6.07, 6.45) is 4.51. The van der Waals surface area contributed by atoms with E-state index in [2.05, 4.69) is 15.3 Å². The Kier molecular flexibility index (Phi) is 4.76. The summed E-state index contributed by atoms with van der Waals surface area (Å²) in [6.45, 7) is 1.14. The van der Waals surface area contributed by atoms with Gasteiger partial charge in [-0.2, -0.15) is 0 Å². The van der Waals surface area contributed by atoms with Crippen molar-refractivity contribution in [2.24, 2.45) is 0 Å². The Morgan fingerprint density at radius 1 is 1.56 bits per heavy atom. The lowest BCUT2D eigenvalue weighted by atomic mass is 10.3. The van der Waals surface area contributed by atoms with Crippen molar-refractivity contribution < 1.29 is 0 Å². The van der Waals surface area contributed by atoms with Crippen LogP contribution in [-0.4, -0.2) is 34.6 Å². The predicted octanol–water partition coefficient (Wildman–Crippen LogP) is 2.70. The number of nitrogens with one attached hydrogen (secondary N) is 1. The number of rotatable bonds is 4. The molecule has 3 nitrogen and oxygen atoms in total. The molecule has 2 rings (SSSR count). The van der Waals surface area contributed by atoms with Crippen molar-refractivity contribution >= 4 is 35.1 Å². The molecular weight excluding hydrogens is 262 g/mol. The van der Waals surface area contributed by atoms with Crippen molar-refractivity contribution in [2.45, 2.75) is 29.1 Å². The summed E-state index contributed by atoms with van der Waals surface area (Å²) in [5.74, 6) is 1.06. The van der Waals surface area contributed by atoms with Crippen molar-refractivity contribution in [1.29, 1.82) is 0 Å². The molecule has 0 radical (unpaired) electrons. The summed E-state index contributed by atoms with van der Waals surface area (Å²) in [4.78, 5) is 8.54. The van der Waals surface area contributed by atoms with Gasteiger partial charge in [0.15, 0.2) is 5.16 Å². The van der Waals surface area contributed by atoms with Crippen LogP contribution in [0, 0.1) is 0 Å². The first kappa shape index (κ1) is 12.5. The SMILES string of the molecule is CSc1nc(Cl)cc(SCC2CCCN2)n1. The van der Waals surface area contributed by atoms with Crippen LogP contribution < -0.4 is 5.32 Å². The van der Waals surface area contributed by atoms with Gasteiger partial charge in [0.2, 0.25) is 0 Å². The molecule has 1 aliphatic heterocycles. The summed E-state index contributed by atoms with van der Waals surface area (Å²) in [6, 6.07) is 2.46. The van der Waals surface area contributed by atoms with Crippen molar-refractivity contribution in [3.8, 4) is 0 Å². The Hall–Kier alpha value is 0.0300. The van der Waals surface area contributed by atoms with Crippen molar-refractivity contribution in [2.75, 3.05) is 18.6 Å². The van der Waals surface area contributed by atoms with Crippen LogP contribution in [0.4, 0.5) is 0 Å². The lowest BCUT2D eigenvalue weighted by Gasteiger charge is -2.09.